The Kier molecular flexibility index (Phi) is 6.03. The fourth-order valence-electron chi connectivity index (χ4n) is 2.03. The molecule has 1 rings (SSSR count). The van der Waals surface area contributed by atoms with Gasteiger partial charge in [0.1, 0.15) is 0 Å². The van der Waals surface area contributed by atoms with Crippen molar-refractivity contribution in [2.75, 3.05) is 0 Å². The quantitative estimate of drug-likeness (QED) is 0.702. The highest BCUT2D eigenvalue weighted by Crippen LogP contribution is 2.25. The Morgan fingerprint density at radius 1 is 1.16 bits per heavy atom. The summed E-state index contributed by atoms with van der Waals surface area (Å²) < 4.78 is 0. The van der Waals surface area contributed by atoms with Crippen LogP contribution >= 0.6 is 0 Å². The largest absolute Gasteiger partial charge is 0.481 e. The molecule has 0 heterocycles. The second-order valence-corrected chi connectivity index (χ2v) is 5.71. The molecule has 3 heteroatoms. The normalized spacial score (nSPS) is 13.2. The summed E-state index contributed by atoms with van der Waals surface area (Å²) in [6, 6.07) is 9.64. The molecule has 19 heavy (non-hydrogen) atoms. The molecule has 1 aromatic rings. The van der Waals surface area contributed by atoms with E-state index < -0.39 is 17.5 Å². The Balaban J connectivity index is 2.20. The number of carboxylic acid groups (broad SMARTS) is 1. The van der Waals surface area contributed by atoms with Crippen LogP contribution in [0.5, 0.6) is 0 Å². The summed E-state index contributed by atoms with van der Waals surface area (Å²) in [6.45, 7) is 3.52. The Morgan fingerprint density at radius 2 is 1.79 bits per heavy atom. The molecule has 3 nitrogen and oxygen atoms in total. The van der Waals surface area contributed by atoms with E-state index in [1.54, 1.807) is 13.8 Å². The number of aliphatic hydroxyl groups excluding tert-OH is 1. The summed E-state index contributed by atoms with van der Waals surface area (Å²) in [4.78, 5) is 10.9. The number of hydrogen-bond donors (Lipinski definition) is 2. The molecule has 2 N–H and O–H groups in total. The second kappa shape index (κ2) is 7.29. The molecule has 0 unspecified atom stereocenters. The summed E-state index contributed by atoms with van der Waals surface area (Å²) in [6.07, 6.45) is 3.78. The molecule has 0 fully saturated rings. The number of aliphatic hydroxyl groups is 1. The van der Waals surface area contributed by atoms with Crippen LogP contribution in [0.15, 0.2) is 30.3 Å². The number of aliphatic carboxylic acids is 1. The molecule has 0 aliphatic heterocycles. The molecule has 0 aliphatic carbocycles. The minimum absolute atomic E-state index is 0.409. The standard InChI is InChI=1S/C16H24O3/c1-16(2,15(18)19)12-8-4-7-11-14(17)13-9-5-3-6-10-13/h3,5-6,9-10,14,17H,4,7-8,11-12H2,1-2H3,(H,18,19)/t14-/m0/s1. The maximum absolute atomic E-state index is 10.9. The number of carboxylic acids is 1. The van der Waals surface area contributed by atoms with Crippen molar-refractivity contribution < 1.29 is 15.0 Å². The second-order valence-electron chi connectivity index (χ2n) is 5.71. The van der Waals surface area contributed by atoms with E-state index in [0.29, 0.717) is 6.42 Å². The maximum Gasteiger partial charge on any atom is 0.309 e. The van der Waals surface area contributed by atoms with Crippen molar-refractivity contribution in [3.05, 3.63) is 35.9 Å². The van der Waals surface area contributed by atoms with Gasteiger partial charge in [0.15, 0.2) is 0 Å². The van der Waals surface area contributed by atoms with Gasteiger partial charge >= 0.3 is 5.97 Å². The molecule has 0 bridgehead atoms. The summed E-state index contributed by atoms with van der Waals surface area (Å²) >= 11 is 0. The van der Waals surface area contributed by atoms with Crippen LogP contribution in [0.2, 0.25) is 0 Å². The van der Waals surface area contributed by atoms with Gasteiger partial charge in [0.05, 0.1) is 11.5 Å². The van der Waals surface area contributed by atoms with Crippen LogP contribution in [-0.4, -0.2) is 16.2 Å². The first-order valence-electron chi connectivity index (χ1n) is 6.90. The summed E-state index contributed by atoms with van der Waals surface area (Å²) in [5.41, 5.74) is 0.311. The average Bonchev–Trinajstić information content (AvgIpc) is 2.38. The van der Waals surface area contributed by atoms with Gasteiger partial charge in [-0.15, -0.1) is 0 Å². The van der Waals surface area contributed by atoms with E-state index >= 15 is 0 Å². The fraction of sp³-hybridized carbons (Fsp3) is 0.562. The molecule has 0 aliphatic rings. The molecule has 1 atom stereocenters. The van der Waals surface area contributed by atoms with Crippen molar-refractivity contribution in [3.8, 4) is 0 Å². The highest BCUT2D eigenvalue weighted by Gasteiger charge is 2.25. The van der Waals surface area contributed by atoms with Gasteiger partial charge in [-0.2, -0.15) is 0 Å². The lowest BCUT2D eigenvalue weighted by Gasteiger charge is -2.18. The van der Waals surface area contributed by atoms with Crippen LogP contribution in [0, 0.1) is 5.41 Å². The highest BCUT2D eigenvalue weighted by molar-refractivity contribution is 5.73. The minimum atomic E-state index is -0.739. The molecule has 0 spiro atoms. The molecular formula is C16H24O3. The van der Waals surface area contributed by atoms with Crippen LogP contribution < -0.4 is 0 Å². The molecule has 1 aromatic carbocycles. The van der Waals surface area contributed by atoms with E-state index in [4.69, 9.17) is 5.11 Å². The van der Waals surface area contributed by atoms with Crippen molar-refractivity contribution in [2.45, 2.75) is 52.1 Å². The molecular weight excluding hydrogens is 240 g/mol. The van der Waals surface area contributed by atoms with Gasteiger partial charge in [-0.3, -0.25) is 4.79 Å². The predicted octanol–water partition coefficient (Wildman–Crippen LogP) is 3.78. The van der Waals surface area contributed by atoms with Gasteiger partial charge in [-0.25, -0.2) is 0 Å². The van der Waals surface area contributed by atoms with Gasteiger partial charge in [-0.1, -0.05) is 49.6 Å². The lowest BCUT2D eigenvalue weighted by Crippen LogP contribution is -2.23. The Bertz CT molecular complexity index is 384. The van der Waals surface area contributed by atoms with Crippen LogP contribution in [-0.2, 0) is 4.79 Å². The van der Waals surface area contributed by atoms with E-state index in [1.807, 2.05) is 30.3 Å². The summed E-state index contributed by atoms with van der Waals surface area (Å²) in [5.74, 6) is -0.739. The summed E-state index contributed by atoms with van der Waals surface area (Å²) in [7, 11) is 0. The third kappa shape index (κ3) is 5.43. The van der Waals surface area contributed by atoms with Crippen molar-refractivity contribution in [1.29, 1.82) is 0 Å². The van der Waals surface area contributed by atoms with Crippen LogP contribution in [0.4, 0.5) is 0 Å². The minimum Gasteiger partial charge on any atom is -0.481 e. The fourth-order valence-corrected chi connectivity index (χ4v) is 2.03. The first-order valence-corrected chi connectivity index (χ1v) is 6.90. The van der Waals surface area contributed by atoms with Crippen molar-refractivity contribution in [1.82, 2.24) is 0 Å². The summed E-state index contributed by atoms with van der Waals surface area (Å²) in [5, 5.41) is 19.0. The van der Waals surface area contributed by atoms with E-state index in [-0.39, 0.29) is 0 Å². The Morgan fingerprint density at radius 3 is 2.37 bits per heavy atom. The van der Waals surface area contributed by atoms with E-state index in [1.165, 1.54) is 0 Å². The highest BCUT2D eigenvalue weighted by atomic mass is 16.4. The van der Waals surface area contributed by atoms with Crippen molar-refractivity contribution >= 4 is 5.97 Å². The maximum atomic E-state index is 10.9. The van der Waals surface area contributed by atoms with Gasteiger partial charge in [-0.05, 0) is 32.3 Å². The van der Waals surface area contributed by atoms with Gasteiger partial charge in [0.2, 0.25) is 0 Å². The van der Waals surface area contributed by atoms with Crippen LogP contribution in [0.3, 0.4) is 0 Å². The lowest BCUT2D eigenvalue weighted by atomic mass is 9.87. The van der Waals surface area contributed by atoms with Crippen molar-refractivity contribution in [2.24, 2.45) is 5.41 Å². The average molecular weight is 264 g/mol. The first kappa shape index (κ1) is 15.7. The molecule has 0 saturated heterocycles. The Labute approximate surface area is 115 Å². The predicted molar refractivity (Wildman–Crippen MR) is 75.9 cm³/mol. The molecule has 0 amide bonds. The molecule has 0 aromatic heterocycles. The van der Waals surface area contributed by atoms with Gasteiger partial charge < -0.3 is 10.2 Å². The first-order chi connectivity index (χ1) is 8.93. The Hall–Kier alpha value is -1.35. The van der Waals surface area contributed by atoms with Crippen molar-refractivity contribution in [3.63, 3.8) is 0 Å². The molecule has 0 saturated carbocycles. The van der Waals surface area contributed by atoms with E-state index in [0.717, 1.165) is 31.2 Å². The number of benzene rings is 1. The zero-order valence-electron chi connectivity index (χ0n) is 11.8. The number of carbonyl (C=O) groups is 1. The zero-order valence-corrected chi connectivity index (χ0v) is 11.8. The molecule has 0 radical (unpaired) electrons. The van der Waals surface area contributed by atoms with Gasteiger partial charge in [0.25, 0.3) is 0 Å². The molecule has 106 valence electrons. The van der Waals surface area contributed by atoms with E-state index in [9.17, 15) is 9.90 Å². The van der Waals surface area contributed by atoms with Gasteiger partial charge in [0, 0.05) is 0 Å². The monoisotopic (exact) mass is 264 g/mol. The topological polar surface area (TPSA) is 57.5 Å². The van der Waals surface area contributed by atoms with Crippen LogP contribution in [0.25, 0.3) is 0 Å². The van der Waals surface area contributed by atoms with Crippen LogP contribution in [0.1, 0.15) is 57.6 Å². The number of unbranched alkanes of at least 4 members (excludes halogenated alkanes) is 2. The third-order valence-electron chi connectivity index (χ3n) is 3.54. The SMILES string of the molecule is CC(C)(CCCCC[C@H](O)c1ccccc1)C(=O)O. The lowest BCUT2D eigenvalue weighted by molar-refractivity contribution is -0.147. The smallest absolute Gasteiger partial charge is 0.309 e. The number of hydrogen-bond acceptors (Lipinski definition) is 2. The zero-order chi connectivity index (χ0) is 14.3. The van der Waals surface area contributed by atoms with E-state index in [2.05, 4.69) is 0 Å². The third-order valence-corrected chi connectivity index (χ3v) is 3.54. The number of rotatable bonds is 8.